The number of fused-ring (bicyclic) bond motifs is 1. The van der Waals surface area contributed by atoms with Gasteiger partial charge in [-0.3, -0.25) is 9.78 Å². The molecule has 4 aromatic rings. The molecule has 0 fully saturated rings. The minimum Gasteiger partial charge on any atom is -0.457 e. The Morgan fingerprint density at radius 3 is 2.60 bits per heavy atom. The Balaban J connectivity index is 1.51. The summed E-state index contributed by atoms with van der Waals surface area (Å²) in [5.41, 5.74) is 5.01. The first-order valence-electron chi connectivity index (χ1n) is 9.86. The average Bonchev–Trinajstić information content (AvgIpc) is 3.02. The summed E-state index contributed by atoms with van der Waals surface area (Å²) in [5, 5.41) is 3.40. The fourth-order valence-electron chi connectivity index (χ4n) is 3.30. The van der Waals surface area contributed by atoms with Crippen molar-refractivity contribution in [3.05, 3.63) is 77.6 Å². The molecule has 152 valence electrons. The number of carbonyl (C=O) groups excluding carboxylic acids is 1. The van der Waals surface area contributed by atoms with Gasteiger partial charge >= 0.3 is 0 Å². The van der Waals surface area contributed by atoms with E-state index in [1.807, 2.05) is 29.8 Å². The summed E-state index contributed by atoms with van der Waals surface area (Å²) in [5.74, 6) is 2.20. The maximum atomic E-state index is 11.3. The molecule has 0 aliphatic carbocycles. The third kappa shape index (κ3) is 4.49. The van der Waals surface area contributed by atoms with Gasteiger partial charge in [0.25, 0.3) is 0 Å². The van der Waals surface area contributed by atoms with Crippen LogP contribution in [0.4, 0.5) is 5.95 Å². The fraction of sp³-hybridized carbons (Fsp3) is 0.208. The van der Waals surface area contributed by atoms with Gasteiger partial charge in [-0.15, -0.1) is 0 Å². The Kier molecular flexibility index (Phi) is 5.48. The average molecular weight is 400 g/mol. The molecule has 2 aromatic carbocycles. The quantitative estimate of drug-likeness (QED) is 0.482. The molecule has 4 rings (SSSR count). The highest BCUT2D eigenvalue weighted by Crippen LogP contribution is 2.27. The van der Waals surface area contributed by atoms with Crippen molar-refractivity contribution < 1.29 is 9.53 Å². The van der Waals surface area contributed by atoms with E-state index < -0.39 is 0 Å². The van der Waals surface area contributed by atoms with Crippen LogP contribution in [-0.4, -0.2) is 20.3 Å². The highest BCUT2D eigenvalue weighted by Gasteiger charge is 2.10. The molecule has 0 radical (unpaired) electrons. The van der Waals surface area contributed by atoms with Crippen molar-refractivity contribution in [2.75, 3.05) is 5.32 Å². The number of hydrogen-bond acceptors (Lipinski definition) is 5. The van der Waals surface area contributed by atoms with Crippen LogP contribution < -0.4 is 10.1 Å². The molecule has 0 aliphatic heterocycles. The Bertz CT molecular complexity index is 1200. The lowest BCUT2D eigenvalue weighted by Gasteiger charge is -2.07. The van der Waals surface area contributed by atoms with Crippen molar-refractivity contribution in [2.45, 2.75) is 26.8 Å². The number of imidazole rings is 1. The first kappa shape index (κ1) is 19.6. The van der Waals surface area contributed by atoms with Crippen LogP contribution in [0.1, 0.15) is 23.7 Å². The number of ether oxygens (including phenoxy) is 1. The summed E-state index contributed by atoms with van der Waals surface area (Å²) >= 11 is 0. The van der Waals surface area contributed by atoms with Gasteiger partial charge in [0.05, 0.1) is 16.7 Å². The molecule has 6 heteroatoms. The smallest absolute Gasteiger partial charge is 0.203 e. The highest BCUT2D eigenvalue weighted by atomic mass is 16.5. The number of nitrogens with zero attached hydrogens (tertiary/aromatic N) is 3. The number of pyridine rings is 1. The number of rotatable bonds is 7. The molecular formula is C24H24N4O2. The number of benzene rings is 2. The molecule has 0 spiro atoms. The number of ketones is 1. The molecule has 1 N–H and O–H groups in total. The molecule has 0 unspecified atom stereocenters. The third-order valence-electron chi connectivity index (χ3n) is 4.88. The van der Waals surface area contributed by atoms with Crippen LogP contribution in [0.2, 0.25) is 0 Å². The third-order valence-corrected chi connectivity index (χ3v) is 4.88. The number of anilines is 1. The molecule has 0 saturated carbocycles. The van der Waals surface area contributed by atoms with E-state index in [0.29, 0.717) is 30.2 Å². The Morgan fingerprint density at radius 2 is 1.83 bits per heavy atom. The van der Waals surface area contributed by atoms with Gasteiger partial charge in [0.1, 0.15) is 17.3 Å². The number of aromatic nitrogens is 3. The van der Waals surface area contributed by atoms with E-state index in [9.17, 15) is 4.79 Å². The van der Waals surface area contributed by atoms with E-state index >= 15 is 0 Å². The number of nitrogens with one attached hydrogen (secondary N) is 1. The first-order chi connectivity index (χ1) is 14.5. The second-order valence-corrected chi connectivity index (χ2v) is 7.45. The lowest BCUT2D eigenvalue weighted by molar-refractivity contribution is -0.116. The van der Waals surface area contributed by atoms with E-state index in [0.717, 1.165) is 17.0 Å². The molecule has 6 nitrogen and oxygen atoms in total. The Hall–Kier alpha value is -3.67. The number of aryl methyl sites for hydroxylation is 2. The Morgan fingerprint density at radius 1 is 1.07 bits per heavy atom. The van der Waals surface area contributed by atoms with Crippen LogP contribution in [0.15, 0.2) is 60.8 Å². The van der Waals surface area contributed by atoms with E-state index in [1.165, 1.54) is 11.1 Å². The van der Waals surface area contributed by atoms with E-state index in [4.69, 9.17) is 9.72 Å². The molecule has 2 aromatic heterocycles. The van der Waals surface area contributed by atoms with E-state index in [2.05, 4.69) is 41.5 Å². The summed E-state index contributed by atoms with van der Waals surface area (Å²) in [6.45, 7) is 4.34. The predicted octanol–water partition coefficient (Wildman–Crippen LogP) is 4.81. The minimum absolute atomic E-state index is 0.0696. The van der Waals surface area contributed by atoms with Crippen molar-refractivity contribution in [3.63, 3.8) is 0 Å². The molecule has 0 saturated heterocycles. The van der Waals surface area contributed by atoms with Gasteiger partial charge in [-0.25, -0.2) is 4.98 Å². The normalized spacial score (nSPS) is 10.9. The minimum atomic E-state index is 0.0696. The fourth-order valence-corrected chi connectivity index (χ4v) is 3.30. The van der Waals surface area contributed by atoms with Gasteiger partial charge in [-0.2, -0.15) is 0 Å². The zero-order valence-corrected chi connectivity index (χ0v) is 17.3. The van der Waals surface area contributed by atoms with Crippen molar-refractivity contribution >= 4 is 22.8 Å². The van der Waals surface area contributed by atoms with Gasteiger partial charge < -0.3 is 14.6 Å². The van der Waals surface area contributed by atoms with Gasteiger partial charge in [-0.05, 0) is 37.6 Å². The second-order valence-electron chi connectivity index (χ2n) is 7.45. The maximum absolute atomic E-state index is 11.3. The summed E-state index contributed by atoms with van der Waals surface area (Å²) in [6, 6.07) is 17.8. The Labute approximate surface area is 175 Å². The van der Waals surface area contributed by atoms with E-state index in [1.54, 1.807) is 25.3 Å². The van der Waals surface area contributed by atoms with Gasteiger partial charge in [-0.1, -0.05) is 29.8 Å². The molecule has 2 heterocycles. The molecular weight excluding hydrogens is 376 g/mol. The topological polar surface area (TPSA) is 69.0 Å². The van der Waals surface area contributed by atoms with Crippen LogP contribution in [0.3, 0.4) is 0 Å². The number of Topliss-reactive ketones (excluding diaryl/α,β-unsaturated/α-hetero) is 1. The highest BCUT2D eigenvalue weighted by molar-refractivity contribution is 5.80. The summed E-state index contributed by atoms with van der Waals surface area (Å²) < 4.78 is 8.01. The monoisotopic (exact) mass is 400 g/mol. The van der Waals surface area contributed by atoms with Gasteiger partial charge in [0, 0.05) is 38.3 Å². The lowest BCUT2D eigenvalue weighted by Crippen LogP contribution is -2.04. The molecule has 30 heavy (non-hydrogen) atoms. The van der Waals surface area contributed by atoms with Crippen molar-refractivity contribution in [2.24, 2.45) is 7.05 Å². The predicted molar refractivity (Wildman–Crippen MR) is 118 cm³/mol. The molecule has 0 atom stereocenters. The summed E-state index contributed by atoms with van der Waals surface area (Å²) in [6.07, 6.45) is 1.95. The van der Waals surface area contributed by atoms with Crippen LogP contribution in [0.5, 0.6) is 11.5 Å². The number of carbonyl (C=O) groups is 1. The van der Waals surface area contributed by atoms with Crippen molar-refractivity contribution in [3.8, 4) is 11.5 Å². The van der Waals surface area contributed by atoms with Gasteiger partial charge in [0.2, 0.25) is 5.95 Å². The second kappa shape index (κ2) is 8.37. The molecule has 0 aliphatic rings. The number of hydrogen-bond donors (Lipinski definition) is 1. The van der Waals surface area contributed by atoms with Crippen LogP contribution in [-0.2, 0) is 24.8 Å². The summed E-state index contributed by atoms with van der Waals surface area (Å²) in [7, 11) is 1.99. The largest absolute Gasteiger partial charge is 0.457 e. The zero-order chi connectivity index (χ0) is 21.1. The van der Waals surface area contributed by atoms with Crippen LogP contribution >= 0.6 is 0 Å². The summed E-state index contributed by atoms with van der Waals surface area (Å²) in [4.78, 5) is 20.3. The van der Waals surface area contributed by atoms with Crippen LogP contribution in [0, 0.1) is 6.92 Å². The zero-order valence-electron chi connectivity index (χ0n) is 17.3. The van der Waals surface area contributed by atoms with Crippen LogP contribution in [0.25, 0.3) is 11.0 Å². The SMILES string of the molecule is CC(=O)Cc1cc(Oc2ccc3c(c2)nc(NCc2ccc(C)cc2)n3C)ccn1. The van der Waals surface area contributed by atoms with Crippen molar-refractivity contribution in [1.82, 2.24) is 14.5 Å². The lowest BCUT2D eigenvalue weighted by atomic mass is 10.1. The first-order valence-corrected chi connectivity index (χ1v) is 9.86. The van der Waals surface area contributed by atoms with E-state index in [-0.39, 0.29) is 5.78 Å². The maximum Gasteiger partial charge on any atom is 0.203 e. The van der Waals surface area contributed by atoms with Gasteiger partial charge in [0.15, 0.2) is 0 Å². The molecule has 0 bridgehead atoms. The van der Waals surface area contributed by atoms with Crippen molar-refractivity contribution in [1.29, 1.82) is 0 Å². The standard InChI is InChI=1S/C24H24N4O2/c1-16-4-6-18(7-5-16)15-26-24-27-22-14-20(8-9-23(22)28(24)3)30-21-10-11-25-19(13-21)12-17(2)29/h4-11,13-14H,12,15H2,1-3H3,(H,26,27). The molecule has 0 amide bonds.